The van der Waals surface area contributed by atoms with Gasteiger partial charge in [-0.15, -0.1) is 13.2 Å². The average molecular weight is 511 g/mol. The van der Waals surface area contributed by atoms with Crippen molar-refractivity contribution in [3.8, 4) is 5.75 Å². The predicted molar refractivity (Wildman–Crippen MR) is 121 cm³/mol. The third-order valence-electron chi connectivity index (χ3n) is 6.28. The van der Waals surface area contributed by atoms with Crippen LogP contribution in [-0.4, -0.2) is 32.7 Å². The summed E-state index contributed by atoms with van der Waals surface area (Å²) in [5.41, 5.74) is 2.28. The van der Waals surface area contributed by atoms with E-state index in [1.807, 2.05) is 0 Å². The highest BCUT2D eigenvalue weighted by atomic mass is 32.2. The normalized spacial score (nSPS) is 22.4. The number of rotatable bonds is 7. The fourth-order valence-electron chi connectivity index (χ4n) is 4.53. The van der Waals surface area contributed by atoms with Crippen LogP contribution in [0.3, 0.4) is 0 Å². The number of carbonyl (C=O) groups excluding carboxylic acids is 1. The van der Waals surface area contributed by atoms with E-state index in [4.69, 9.17) is 4.84 Å². The number of hydrogen-bond donors (Lipinski definition) is 1. The van der Waals surface area contributed by atoms with Crippen molar-refractivity contribution in [1.29, 1.82) is 0 Å². The summed E-state index contributed by atoms with van der Waals surface area (Å²) >= 11 is 0. The van der Waals surface area contributed by atoms with Crippen molar-refractivity contribution >= 4 is 21.5 Å². The lowest BCUT2D eigenvalue weighted by molar-refractivity contribution is -0.274. The predicted octanol–water partition coefficient (Wildman–Crippen LogP) is 4.54. The van der Waals surface area contributed by atoms with E-state index >= 15 is 0 Å². The summed E-state index contributed by atoms with van der Waals surface area (Å²) in [5, 5.41) is 7.12. The standard InChI is InChI=1S/C24H25F3N2O5S/c1-35(31,32)18-11-7-16(8-12-18)22-13-21(29-34-22)19-3-2-4-20(19)23(30)28-14-15-5-9-17(10-6-15)33-24(25,26)27/h5-12,19-20,22H,2-4,13-14H2,1H3,(H,28,30)/t19-,20-,22?/m1/s1. The van der Waals surface area contributed by atoms with Crippen LogP contribution in [0, 0.1) is 11.8 Å². The largest absolute Gasteiger partial charge is 0.573 e. The third kappa shape index (κ3) is 6.33. The molecule has 1 aliphatic heterocycles. The molecular weight excluding hydrogens is 485 g/mol. The van der Waals surface area contributed by atoms with Gasteiger partial charge in [-0.05, 0) is 48.2 Å². The van der Waals surface area contributed by atoms with Gasteiger partial charge in [0.05, 0.1) is 10.6 Å². The number of halogens is 3. The number of alkyl halides is 3. The van der Waals surface area contributed by atoms with Gasteiger partial charge in [-0.25, -0.2) is 8.42 Å². The molecule has 7 nitrogen and oxygen atoms in total. The molecule has 0 spiro atoms. The van der Waals surface area contributed by atoms with Gasteiger partial charge in [-0.3, -0.25) is 4.79 Å². The maximum Gasteiger partial charge on any atom is 0.573 e. The second-order valence-corrected chi connectivity index (χ2v) is 10.8. The highest BCUT2D eigenvalue weighted by Gasteiger charge is 2.39. The Morgan fingerprint density at radius 1 is 1.11 bits per heavy atom. The molecule has 1 N–H and O–H groups in total. The Balaban J connectivity index is 1.32. The van der Waals surface area contributed by atoms with Crippen molar-refractivity contribution in [2.75, 3.05) is 6.26 Å². The summed E-state index contributed by atoms with van der Waals surface area (Å²) in [6.45, 7) is 0.187. The van der Waals surface area contributed by atoms with E-state index in [1.54, 1.807) is 24.3 Å². The fraction of sp³-hybridized carbons (Fsp3) is 0.417. The molecule has 1 unspecified atom stereocenters. The van der Waals surface area contributed by atoms with Crippen LogP contribution in [0.1, 0.15) is 42.9 Å². The van der Waals surface area contributed by atoms with Gasteiger partial charge >= 0.3 is 6.36 Å². The molecule has 1 fully saturated rings. The van der Waals surface area contributed by atoms with E-state index in [0.29, 0.717) is 18.4 Å². The molecule has 11 heteroatoms. The topological polar surface area (TPSA) is 94.1 Å². The number of benzene rings is 2. The van der Waals surface area contributed by atoms with Crippen molar-refractivity contribution < 1.29 is 36.0 Å². The molecule has 3 atom stereocenters. The molecule has 1 amide bonds. The minimum Gasteiger partial charge on any atom is -0.406 e. The lowest BCUT2D eigenvalue weighted by Gasteiger charge is -2.19. The van der Waals surface area contributed by atoms with Gasteiger partial charge in [0, 0.05) is 31.1 Å². The van der Waals surface area contributed by atoms with Crippen LogP contribution in [0.25, 0.3) is 0 Å². The molecule has 2 aromatic carbocycles. The monoisotopic (exact) mass is 510 g/mol. The first-order valence-corrected chi connectivity index (χ1v) is 13.0. The molecule has 1 saturated carbocycles. The maximum atomic E-state index is 12.9. The Morgan fingerprint density at radius 3 is 2.43 bits per heavy atom. The van der Waals surface area contributed by atoms with Crippen molar-refractivity contribution in [2.24, 2.45) is 17.0 Å². The van der Waals surface area contributed by atoms with Gasteiger partial charge in [0.25, 0.3) is 0 Å². The molecule has 2 aliphatic rings. The molecule has 0 aromatic heterocycles. The summed E-state index contributed by atoms with van der Waals surface area (Å²) in [7, 11) is -3.28. The minimum absolute atomic E-state index is 0.0575. The van der Waals surface area contributed by atoms with E-state index in [9.17, 15) is 26.4 Å². The molecule has 2 aromatic rings. The number of nitrogens with zero attached hydrogens (tertiary/aromatic N) is 1. The quantitative estimate of drug-likeness (QED) is 0.590. The van der Waals surface area contributed by atoms with Crippen LogP contribution in [0.5, 0.6) is 5.75 Å². The van der Waals surface area contributed by atoms with Gasteiger partial charge in [-0.2, -0.15) is 0 Å². The minimum atomic E-state index is -4.75. The Morgan fingerprint density at radius 2 is 1.80 bits per heavy atom. The summed E-state index contributed by atoms with van der Waals surface area (Å²) in [5.74, 6) is -0.774. The maximum absolute atomic E-state index is 12.9. The zero-order valence-electron chi connectivity index (χ0n) is 18.9. The Hall–Kier alpha value is -3.08. The molecular formula is C24H25F3N2O5S. The van der Waals surface area contributed by atoms with Crippen LogP contribution >= 0.6 is 0 Å². The summed E-state index contributed by atoms with van der Waals surface area (Å²) < 4.78 is 64.1. The number of ether oxygens (including phenoxy) is 1. The summed E-state index contributed by atoms with van der Waals surface area (Å²) in [6, 6.07) is 11.9. The number of sulfone groups is 1. The first-order chi connectivity index (χ1) is 16.5. The first-order valence-electron chi connectivity index (χ1n) is 11.1. The lowest BCUT2D eigenvalue weighted by Crippen LogP contribution is -2.34. The van der Waals surface area contributed by atoms with Gasteiger partial charge in [0.15, 0.2) is 15.9 Å². The Kier molecular flexibility index (Phi) is 7.07. The van der Waals surface area contributed by atoms with Crippen molar-refractivity contribution in [3.63, 3.8) is 0 Å². The molecule has 188 valence electrons. The highest BCUT2D eigenvalue weighted by Crippen LogP contribution is 2.39. The lowest BCUT2D eigenvalue weighted by atomic mass is 9.87. The van der Waals surface area contributed by atoms with E-state index in [-0.39, 0.29) is 41.0 Å². The fourth-order valence-corrected chi connectivity index (χ4v) is 5.16. The van der Waals surface area contributed by atoms with Crippen molar-refractivity contribution in [2.45, 2.75) is 49.6 Å². The molecule has 0 saturated heterocycles. The zero-order valence-corrected chi connectivity index (χ0v) is 19.7. The smallest absolute Gasteiger partial charge is 0.406 e. The number of carbonyl (C=O) groups is 1. The van der Waals surface area contributed by atoms with E-state index in [0.717, 1.165) is 30.4 Å². The van der Waals surface area contributed by atoms with E-state index < -0.39 is 16.2 Å². The number of oxime groups is 1. The summed E-state index contributed by atoms with van der Waals surface area (Å²) in [6.07, 6.45) is -1.02. The van der Waals surface area contributed by atoms with E-state index in [1.165, 1.54) is 24.3 Å². The van der Waals surface area contributed by atoms with Crippen LogP contribution in [0.15, 0.2) is 58.6 Å². The second-order valence-electron chi connectivity index (χ2n) is 8.78. The molecule has 0 radical (unpaired) electrons. The van der Waals surface area contributed by atoms with Crippen LogP contribution in [-0.2, 0) is 26.0 Å². The van der Waals surface area contributed by atoms with Gasteiger partial charge in [-0.1, -0.05) is 35.8 Å². The van der Waals surface area contributed by atoms with Crippen LogP contribution in [0.4, 0.5) is 13.2 Å². The Labute approximate surface area is 201 Å². The van der Waals surface area contributed by atoms with Gasteiger partial charge < -0.3 is 14.9 Å². The molecule has 4 rings (SSSR count). The molecule has 1 aliphatic carbocycles. The summed E-state index contributed by atoms with van der Waals surface area (Å²) in [4.78, 5) is 18.7. The Bertz CT molecular complexity index is 1200. The van der Waals surface area contributed by atoms with Gasteiger partial charge in [0.2, 0.25) is 5.91 Å². The van der Waals surface area contributed by atoms with E-state index in [2.05, 4.69) is 15.2 Å². The van der Waals surface area contributed by atoms with Crippen molar-refractivity contribution in [3.05, 3.63) is 59.7 Å². The average Bonchev–Trinajstić information content (AvgIpc) is 3.46. The molecule has 35 heavy (non-hydrogen) atoms. The number of nitrogens with one attached hydrogen (secondary N) is 1. The third-order valence-corrected chi connectivity index (χ3v) is 7.40. The van der Waals surface area contributed by atoms with Gasteiger partial charge in [0.1, 0.15) is 5.75 Å². The van der Waals surface area contributed by atoms with Crippen molar-refractivity contribution in [1.82, 2.24) is 5.32 Å². The zero-order chi connectivity index (χ0) is 25.2. The van der Waals surface area contributed by atoms with Crippen LogP contribution in [0.2, 0.25) is 0 Å². The highest BCUT2D eigenvalue weighted by molar-refractivity contribution is 7.90. The second kappa shape index (κ2) is 9.88. The van der Waals surface area contributed by atoms with Crippen LogP contribution < -0.4 is 10.1 Å². The number of amides is 1. The SMILES string of the molecule is CS(=O)(=O)c1ccc(C2CC([C@@H]3CCC[C@H]3C(=O)NCc3ccc(OC(F)(F)F)cc3)=NO2)cc1. The molecule has 0 bridgehead atoms. The molecule has 1 heterocycles. The number of hydrogen-bond acceptors (Lipinski definition) is 6. The first kappa shape index (κ1) is 25.0.